The third-order valence-corrected chi connectivity index (χ3v) is 4.00. The molecule has 0 aliphatic carbocycles. The maximum Gasteiger partial charge on any atom is 0.203 e. The van der Waals surface area contributed by atoms with Gasteiger partial charge in [-0.1, -0.05) is 24.3 Å². The van der Waals surface area contributed by atoms with E-state index in [1.54, 1.807) is 0 Å². The molecule has 22 heavy (non-hydrogen) atoms. The van der Waals surface area contributed by atoms with E-state index in [0.29, 0.717) is 6.54 Å². The maximum absolute atomic E-state index is 4.71. The molecular formula is C17H17N5. The Morgan fingerprint density at radius 3 is 2.50 bits per heavy atom. The van der Waals surface area contributed by atoms with E-state index in [1.807, 2.05) is 49.5 Å². The second kappa shape index (κ2) is 4.87. The van der Waals surface area contributed by atoms with Crippen LogP contribution in [0.4, 0.5) is 5.95 Å². The topological polar surface area (TPSA) is 49.7 Å². The molecule has 4 rings (SSSR count). The van der Waals surface area contributed by atoms with Crippen molar-refractivity contribution in [2.75, 3.05) is 11.9 Å². The minimum atomic E-state index is 0.699. The zero-order chi connectivity index (χ0) is 15.1. The molecule has 2 aromatic carbocycles. The number of benzene rings is 2. The average Bonchev–Trinajstić information content (AvgIpc) is 3.10. The van der Waals surface area contributed by atoms with Crippen molar-refractivity contribution in [2.45, 2.75) is 6.54 Å². The Morgan fingerprint density at radius 2 is 1.73 bits per heavy atom. The smallest absolute Gasteiger partial charge is 0.203 e. The van der Waals surface area contributed by atoms with Gasteiger partial charge < -0.3 is 14.5 Å². The van der Waals surface area contributed by atoms with Crippen molar-refractivity contribution in [1.29, 1.82) is 0 Å². The Hall–Kier alpha value is -2.82. The number of imidazole rings is 2. The van der Waals surface area contributed by atoms with E-state index in [2.05, 4.69) is 32.5 Å². The van der Waals surface area contributed by atoms with E-state index in [9.17, 15) is 0 Å². The van der Waals surface area contributed by atoms with E-state index >= 15 is 0 Å². The zero-order valence-corrected chi connectivity index (χ0v) is 12.6. The first kappa shape index (κ1) is 12.9. The maximum atomic E-state index is 4.71. The number of H-pyrrole nitrogens is 1. The minimum absolute atomic E-state index is 0.699. The fourth-order valence-electron chi connectivity index (χ4n) is 2.74. The Labute approximate surface area is 128 Å². The molecule has 0 spiro atoms. The summed E-state index contributed by atoms with van der Waals surface area (Å²) in [5.41, 5.74) is 4.21. The third-order valence-electron chi connectivity index (χ3n) is 4.00. The van der Waals surface area contributed by atoms with Crippen LogP contribution in [-0.4, -0.2) is 26.6 Å². The van der Waals surface area contributed by atoms with Gasteiger partial charge >= 0.3 is 0 Å². The predicted molar refractivity (Wildman–Crippen MR) is 88.9 cm³/mol. The number of fused-ring (bicyclic) bond motifs is 2. The molecule has 0 saturated carbocycles. The van der Waals surface area contributed by atoms with Crippen molar-refractivity contribution in [3.8, 4) is 0 Å². The molecule has 110 valence electrons. The van der Waals surface area contributed by atoms with Crippen LogP contribution in [-0.2, 0) is 13.6 Å². The van der Waals surface area contributed by atoms with Crippen LogP contribution in [0.1, 0.15) is 5.82 Å². The molecule has 0 bridgehead atoms. The lowest BCUT2D eigenvalue weighted by Gasteiger charge is -2.15. The third kappa shape index (κ3) is 2.02. The highest BCUT2D eigenvalue weighted by Gasteiger charge is 2.12. The van der Waals surface area contributed by atoms with Gasteiger partial charge in [0.15, 0.2) is 0 Å². The van der Waals surface area contributed by atoms with Crippen molar-refractivity contribution in [1.82, 2.24) is 19.5 Å². The molecule has 5 nitrogen and oxygen atoms in total. The quantitative estimate of drug-likeness (QED) is 0.631. The Morgan fingerprint density at radius 1 is 1.00 bits per heavy atom. The summed E-state index contributed by atoms with van der Waals surface area (Å²) in [6.45, 7) is 0.699. The normalized spacial score (nSPS) is 11.4. The van der Waals surface area contributed by atoms with Crippen molar-refractivity contribution in [3.63, 3.8) is 0 Å². The summed E-state index contributed by atoms with van der Waals surface area (Å²) in [4.78, 5) is 14.8. The molecule has 0 atom stereocenters. The van der Waals surface area contributed by atoms with Crippen LogP contribution in [0.25, 0.3) is 22.1 Å². The summed E-state index contributed by atoms with van der Waals surface area (Å²) in [5.74, 6) is 1.87. The van der Waals surface area contributed by atoms with Gasteiger partial charge in [-0.15, -0.1) is 0 Å². The molecule has 0 unspecified atom stereocenters. The van der Waals surface area contributed by atoms with Crippen molar-refractivity contribution in [2.24, 2.45) is 7.05 Å². The average molecular weight is 291 g/mol. The first-order chi connectivity index (χ1) is 10.7. The summed E-state index contributed by atoms with van der Waals surface area (Å²) in [6, 6.07) is 16.2. The fourth-order valence-corrected chi connectivity index (χ4v) is 2.74. The van der Waals surface area contributed by atoms with Crippen molar-refractivity contribution < 1.29 is 0 Å². The van der Waals surface area contributed by atoms with Gasteiger partial charge in [0, 0.05) is 14.1 Å². The van der Waals surface area contributed by atoms with Gasteiger partial charge in [-0.05, 0) is 24.3 Å². The van der Waals surface area contributed by atoms with Gasteiger partial charge in [-0.2, -0.15) is 0 Å². The van der Waals surface area contributed by atoms with Gasteiger partial charge in [-0.3, -0.25) is 0 Å². The van der Waals surface area contributed by atoms with Crippen LogP contribution in [0.3, 0.4) is 0 Å². The Balaban J connectivity index is 1.67. The van der Waals surface area contributed by atoms with Gasteiger partial charge in [0.25, 0.3) is 0 Å². The van der Waals surface area contributed by atoms with Crippen LogP contribution in [0.15, 0.2) is 48.5 Å². The number of anilines is 1. The van der Waals surface area contributed by atoms with E-state index in [1.165, 1.54) is 0 Å². The van der Waals surface area contributed by atoms with Gasteiger partial charge in [0.2, 0.25) is 5.95 Å². The molecule has 2 aromatic heterocycles. The van der Waals surface area contributed by atoms with Crippen LogP contribution in [0, 0.1) is 0 Å². The summed E-state index contributed by atoms with van der Waals surface area (Å²) in [7, 11) is 4.08. The number of aromatic nitrogens is 4. The summed E-state index contributed by atoms with van der Waals surface area (Å²) >= 11 is 0. The molecule has 5 heteroatoms. The minimum Gasteiger partial charge on any atom is -0.338 e. The number of nitrogens with zero attached hydrogens (tertiary/aromatic N) is 4. The molecule has 0 amide bonds. The SMILES string of the molecule is CN(Cc1nc2ccccc2n1C)c1nc2ccccc2[nH]1. The highest BCUT2D eigenvalue weighted by molar-refractivity contribution is 5.78. The number of nitrogens with one attached hydrogen (secondary N) is 1. The number of hydrogen-bond acceptors (Lipinski definition) is 3. The number of para-hydroxylation sites is 4. The first-order valence-electron chi connectivity index (χ1n) is 7.28. The number of aryl methyl sites for hydroxylation is 1. The van der Waals surface area contributed by atoms with Gasteiger partial charge in [-0.25, -0.2) is 9.97 Å². The zero-order valence-electron chi connectivity index (χ0n) is 12.6. The van der Waals surface area contributed by atoms with Gasteiger partial charge in [0.1, 0.15) is 5.82 Å². The standard InChI is InChI=1S/C17H17N5/c1-21(17-19-12-7-3-4-8-13(12)20-17)11-16-18-14-9-5-6-10-15(14)22(16)2/h3-10H,11H2,1-2H3,(H,19,20). The summed E-state index contributed by atoms with van der Waals surface area (Å²) in [5, 5.41) is 0. The summed E-state index contributed by atoms with van der Waals surface area (Å²) in [6.07, 6.45) is 0. The molecule has 4 aromatic rings. The molecule has 1 N–H and O–H groups in total. The molecule has 0 aliphatic rings. The number of rotatable bonds is 3. The molecule has 0 aliphatic heterocycles. The van der Waals surface area contributed by atoms with E-state index in [-0.39, 0.29) is 0 Å². The van der Waals surface area contributed by atoms with E-state index in [4.69, 9.17) is 4.98 Å². The Bertz CT molecular complexity index is 917. The van der Waals surface area contributed by atoms with Crippen molar-refractivity contribution >= 4 is 28.0 Å². The first-order valence-corrected chi connectivity index (χ1v) is 7.28. The lowest BCUT2D eigenvalue weighted by molar-refractivity contribution is 0.764. The largest absolute Gasteiger partial charge is 0.338 e. The highest BCUT2D eigenvalue weighted by Crippen LogP contribution is 2.19. The molecule has 0 fully saturated rings. The van der Waals surface area contributed by atoms with Crippen molar-refractivity contribution in [3.05, 3.63) is 54.4 Å². The van der Waals surface area contributed by atoms with E-state index in [0.717, 1.165) is 33.8 Å². The van der Waals surface area contributed by atoms with E-state index < -0.39 is 0 Å². The molecule has 2 heterocycles. The van der Waals surface area contributed by atoms with Crippen LogP contribution < -0.4 is 4.90 Å². The molecular weight excluding hydrogens is 274 g/mol. The lowest BCUT2D eigenvalue weighted by Crippen LogP contribution is -2.20. The highest BCUT2D eigenvalue weighted by atomic mass is 15.3. The Kier molecular flexibility index (Phi) is 2.85. The second-order valence-electron chi connectivity index (χ2n) is 5.51. The fraction of sp³-hybridized carbons (Fsp3) is 0.176. The second-order valence-corrected chi connectivity index (χ2v) is 5.51. The molecule has 0 saturated heterocycles. The molecule has 0 radical (unpaired) electrons. The lowest BCUT2D eigenvalue weighted by atomic mass is 10.3. The van der Waals surface area contributed by atoms with Crippen LogP contribution >= 0.6 is 0 Å². The number of aromatic amines is 1. The van der Waals surface area contributed by atoms with Gasteiger partial charge in [0.05, 0.1) is 28.6 Å². The summed E-state index contributed by atoms with van der Waals surface area (Å²) < 4.78 is 2.13. The number of hydrogen-bond donors (Lipinski definition) is 1. The van der Waals surface area contributed by atoms with Crippen LogP contribution in [0.2, 0.25) is 0 Å². The van der Waals surface area contributed by atoms with Crippen LogP contribution in [0.5, 0.6) is 0 Å². The predicted octanol–water partition coefficient (Wildman–Crippen LogP) is 3.09. The monoisotopic (exact) mass is 291 g/mol.